The second kappa shape index (κ2) is 6.23. The summed E-state index contributed by atoms with van der Waals surface area (Å²) >= 11 is 0. The van der Waals surface area contributed by atoms with Crippen molar-refractivity contribution in [1.29, 1.82) is 0 Å². The molecule has 0 aliphatic rings. The number of benzene rings is 1. The zero-order valence-corrected chi connectivity index (χ0v) is 10.8. The Balaban J connectivity index is 2.08. The third-order valence-corrected chi connectivity index (χ3v) is 2.32. The number of amides is 2. The first-order valence-corrected chi connectivity index (χ1v) is 5.64. The molecule has 10 nitrogen and oxygen atoms in total. The monoisotopic (exact) mass is 290 g/mol. The number of carbonyl (C=O) groups excluding carboxylic acids is 3. The van der Waals surface area contributed by atoms with Gasteiger partial charge in [0.2, 0.25) is 0 Å². The standard InChI is InChI=1S/C11H10N6O4/c1-21-10(20)9(19)12-7-4-2-3-6(5-7)8(18)13-11-14-16-17-15-11/h2-5H,1H3,(H,12,19)(H2,13,14,15,16,17,18). The van der Waals surface area contributed by atoms with Crippen LogP contribution in [0.2, 0.25) is 0 Å². The minimum absolute atomic E-state index is 0.0176. The van der Waals surface area contributed by atoms with Gasteiger partial charge in [0, 0.05) is 11.3 Å². The number of tetrazole rings is 1. The summed E-state index contributed by atoms with van der Waals surface area (Å²) in [5, 5.41) is 17.3. The first kappa shape index (κ1) is 14.1. The number of nitrogens with zero attached hydrogens (tertiary/aromatic N) is 3. The van der Waals surface area contributed by atoms with Gasteiger partial charge in [-0.15, -0.1) is 5.10 Å². The van der Waals surface area contributed by atoms with E-state index in [1.165, 1.54) is 24.3 Å². The van der Waals surface area contributed by atoms with E-state index >= 15 is 0 Å². The number of aromatic nitrogens is 4. The van der Waals surface area contributed by atoms with Gasteiger partial charge in [0.15, 0.2) is 0 Å². The van der Waals surface area contributed by atoms with E-state index in [4.69, 9.17) is 0 Å². The molecule has 0 bridgehead atoms. The molecule has 0 atom stereocenters. The lowest BCUT2D eigenvalue weighted by molar-refractivity contribution is -0.150. The molecule has 108 valence electrons. The van der Waals surface area contributed by atoms with E-state index in [9.17, 15) is 14.4 Å². The topological polar surface area (TPSA) is 139 Å². The molecule has 0 spiro atoms. The zero-order valence-electron chi connectivity index (χ0n) is 10.8. The number of ether oxygens (including phenoxy) is 1. The fourth-order valence-electron chi connectivity index (χ4n) is 1.40. The van der Waals surface area contributed by atoms with Crippen molar-refractivity contribution in [2.45, 2.75) is 0 Å². The Labute approximate surface area is 117 Å². The van der Waals surface area contributed by atoms with E-state index in [-0.39, 0.29) is 17.2 Å². The number of anilines is 2. The van der Waals surface area contributed by atoms with Gasteiger partial charge in [0.05, 0.1) is 7.11 Å². The highest BCUT2D eigenvalue weighted by Gasteiger charge is 2.15. The zero-order chi connectivity index (χ0) is 15.2. The Hall–Kier alpha value is -3.30. The average molecular weight is 290 g/mol. The summed E-state index contributed by atoms with van der Waals surface area (Å²) < 4.78 is 4.27. The van der Waals surface area contributed by atoms with E-state index in [1.807, 2.05) is 0 Å². The summed E-state index contributed by atoms with van der Waals surface area (Å²) in [6.45, 7) is 0. The van der Waals surface area contributed by atoms with Gasteiger partial charge in [-0.3, -0.25) is 14.9 Å². The summed E-state index contributed by atoms with van der Waals surface area (Å²) in [6.07, 6.45) is 0. The fourth-order valence-corrected chi connectivity index (χ4v) is 1.40. The number of carbonyl (C=O) groups is 3. The van der Waals surface area contributed by atoms with Gasteiger partial charge in [-0.1, -0.05) is 11.2 Å². The molecule has 0 fully saturated rings. The van der Waals surface area contributed by atoms with E-state index in [0.29, 0.717) is 0 Å². The number of H-pyrrole nitrogens is 1. The molecular formula is C11H10N6O4. The van der Waals surface area contributed by atoms with Gasteiger partial charge in [0.1, 0.15) is 0 Å². The first-order chi connectivity index (χ1) is 10.1. The fraction of sp³-hybridized carbons (Fsp3) is 0.0909. The van der Waals surface area contributed by atoms with Crippen LogP contribution in [-0.4, -0.2) is 45.5 Å². The summed E-state index contributed by atoms with van der Waals surface area (Å²) in [7, 11) is 1.09. The Morgan fingerprint density at radius 1 is 1.24 bits per heavy atom. The molecule has 0 aliphatic carbocycles. The predicted molar refractivity (Wildman–Crippen MR) is 69.2 cm³/mol. The molecule has 1 aromatic heterocycles. The number of hydrogen-bond donors (Lipinski definition) is 3. The van der Waals surface area contributed by atoms with Crippen molar-refractivity contribution in [3.8, 4) is 0 Å². The van der Waals surface area contributed by atoms with Crippen molar-refractivity contribution in [3.05, 3.63) is 29.8 Å². The van der Waals surface area contributed by atoms with Crippen molar-refractivity contribution >= 4 is 29.4 Å². The van der Waals surface area contributed by atoms with Crippen molar-refractivity contribution in [2.75, 3.05) is 17.7 Å². The SMILES string of the molecule is COC(=O)C(=O)Nc1cccc(C(=O)Nc2nn[nH]n2)c1. The Morgan fingerprint density at radius 3 is 2.71 bits per heavy atom. The second-order valence-corrected chi connectivity index (χ2v) is 3.72. The predicted octanol–water partition coefficient (Wildman–Crippen LogP) is -0.437. The number of rotatable bonds is 3. The minimum Gasteiger partial charge on any atom is -0.462 e. The highest BCUT2D eigenvalue weighted by molar-refractivity contribution is 6.37. The molecule has 1 aromatic carbocycles. The van der Waals surface area contributed by atoms with Crippen LogP contribution in [0.3, 0.4) is 0 Å². The van der Waals surface area contributed by atoms with Crippen molar-refractivity contribution < 1.29 is 19.1 Å². The van der Waals surface area contributed by atoms with Crippen LogP contribution in [-0.2, 0) is 14.3 Å². The first-order valence-electron chi connectivity index (χ1n) is 5.64. The molecule has 0 saturated heterocycles. The molecule has 3 N–H and O–H groups in total. The molecule has 2 amide bonds. The van der Waals surface area contributed by atoms with Crippen LogP contribution in [0.5, 0.6) is 0 Å². The molecule has 2 rings (SSSR count). The number of hydrogen-bond acceptors (Lipinski definition) is 7. The molecule has 2 aromatic rings. The maximum Gasteiger partial charge on any atom is 0.396 e. The van der Waals surface area contributed by atoms with Gasteiger partial charge in [-0.25, -0.2) is 4.79 Å². The summed E-state index contributed by atoms with van der Waals surface area (Å²) in [5.74, 6) is -2.44. The van der Waals surface area contributed by atoms with E-state index in [0.717, 1.165) is 7.11 Å². The van der Waals surface area contributed by atoms with Gasteiger partial charge in [-0.05, 0) is 23.4 Å². The molecule has 0 radical (unpaired) electrons. The van der Waals surface area contributed by atoms with Crippen LogP contribution in [0.25, 0.3) is 0 Å². The third kappa shape index (κ3) is 3.59. The van der Waals surface area contributed by atoms with Gasteiger partial charge < -0.3 is 10.1 Å². The number of esters is 1. The van der Waals surface area contributed by atoms with E-state index < -0.39 is 17.8 Å². The largest absolute Gasteiger partial charge is 0.462 e. The molecule has 0 unspecified atom stereocenters. The van der Waals surface area contributed by atoms with Gasteiger partial charge in [-0.2, -0.15) is 5.21 Å². The molecule has 0 saturated carbocycles. The number of aromatic amines is 1. The lowest BCUT2D eigenvalue weighted by atomic mass is 10.2. The maximum atomic E-state index is 11.9. The number of methoxy groups -OCH3 is 1. The van der Waals surface area contributed by atoms with Gasteiger partial charge in [0.25, 0.3) is 11.9 Å². The Bertz CT molecular complexity index is 669. The summed E-state index contributed by atoms with van der Waals surface area (Å²) in [5.41, 5.74) is 0.508. The minimum atomic E-state index is -1.03. The quantitative estimate of drug-likeness (QED) is 0.514. The Morgan fingerprint density at radius 2 is 2.05 bits per heavy atom. The van der Waals surface area contributed by atoms with Crippen LogP contribution < -0.4 is 10.6 Å². The summed E-state index contributed by atoms with van der Waals surface area (Å²) in [4.78, 5) is 34.3. The van der Waals surface area contributed by atoms with Crippen LogP contribution >= 0.6 is 0 Å². The van der Waals surface area contributed by atoms with Crippen LogP contribution in [0, 0.1) is 0 Å². The average Bonchev–Trinajstić information content (AvgIpc) is 2.99. The Kier molecular flexibility index (Phi) is 4.19. The molecule has 1 heterocycles. The van der Waals surface area contributed by atoms with Crippen LogP contribution in [0.1, 0.15) is 10.4 Å². The van der Waals surface area contributed by atoms with Crippen molar-refractivity contribution in [2.24, 2.45) is 0 Å². The van der Waals surface area contributed by atoms with Crippen LogP contribution in [0.4, 0.5) is 11.6 Å². The highest BCUT2D eigenvalue weighted by atomic mass is 16.5. The third-order valence-electron chi connectivity index (χ3n) is 2.32. The highest BCUT2D eigenvalue weighted by Crippen LogP contribution is 2.12. The van der Waals surface area contributed by atoms with E-state index in [1.54, 1.807) is 0 Å². The normalized spacial score (nSPS) is 9.76. The molecule has 10 heteroatoms. The van der Waals surface area contributed by atoms with Crippen LogP contribution in [0.15, 0.2) is 24.3 Å². The van der Waals surface area contributed by atoms with Crippen molar-refractivity contribution in [1.82, 2.24) is 20.6 Å². The molecule has 21 heavy (non-hydrogen) atoms. The smallest absolute Gasteiger partial charge is 0.396 e. The lowest BCUT2D eigenvalue weighted by Crippen LogP contribution is -2.24. The van der Waals surface area contributed by atoms with E-state index in [2.05, 4.69) is 36.0 Å². The van der Waals surface area contributed by atoms with Gasteiger partial charge >= 0.3 is 11.9 Å². The lowest BCUT2D eigenvalue weighted by Gasteiger charge is -2.06. The number of nitrogens with one attached hydrogen (secondary N) is 3. The van der Waals surface area contributed by atoms with Crippen molar-refractivity contribution in [3.63, 3.8) is 0 Å². The molecule has 0 aliphatic heterocycles. The maximum absolute atomic E-state index is 11.9. The molecular weight excluding hydrogens is 280 g/mol. The second-order valence-electron chi connectivity index (χ2n) is 3.72. The summed E-state index contributed by atoms with van der Waals surface area (Å²) in [6, 6.07) is 5.96.